The summed E-state index contributed by atoms with van der Waals surface area (Å²) in [5, 5.41) is 19.6. The van der Waals surface area contributed by atoms with E-state index >= 15 is 0 Å². The molecule has 0 saturated heterocycles. The van der Waals surface area contributed by atoms with Gasteiger partial charge in [-0.15, -0.1) is 0 Å². The SMILES string of the molecule is Oc1ccc(Oc2ccc(Oc3ccc(O)cc3Cl)c(Cl)c2)c(Cl)c1. The molecule has 0 fully saturated rings. The van der Waals surface area contributed by atoms with Crippen molar-refractivity contribution >= 4 is 34.8 Å². The van der Waals surface area contributed by atoms with E-state index in [1.54, 1.807) is 24.3 Å². The number of hydrogen-bond donors (Lipinski definition) is 2. The van der Waals surface area contributed by atoms with Gasteiger partial charge in [0.2, 0.25) is 0 Å². The predicted octanol–water partition coefficient (Wildman–Crippen LogP) is 6.64. The first-order valence-corrected chi connectivity index (χ1v) is 8.18. The third kappa shape index (κ3) is 4.23. The number of hydrogen-bond acceptors (Lipinski definition) is 4. The Bertz CT molecular complexity index is 928. The minimum atomic E-state index is 0.0398. The molecule has 0 unspecified atom stereocenters. The molecule has 3 aromatic carbocycles. The molecule has 0 aromatic heterocycles. The van der Waals surface area contributed by atoms with Crippen LogP contribution in [0.2, 0.25) is 15.1 Å². The molecule has 128 valence electrons. The second-order valence-electron chi connectivity index (χ2n) is 5.03. The fourth-order valence-electron chi connectivity index (χ4n) is 2.02. The van der Waals surface area contributed by atoms with Gasteiger partial charge in [-0.25, -0.2) is 0 Å². The number of halogens is 3. The second kappa shape index (κ2) is 7.31. The van der Waals surface area contributed by atoms with Crippen LogP contribution in [-0.2, 0) is 0 Å². The predicted molar refractivity (Wildman–Crippen MR) is 97.8 cm³/mol. The van der Waals surface area contributed by atoms with Crippen LogP contribution >= 0.6 is 34.8 Å². The zero-order valence-corrected chi connectivity index (χ0v) is 14.8. The topological polar surface area (TPSA) is 58.9 Å². The quantitative estimate of drug-likeness (QED) is 0.518. The van der Waals surface area contributed by atoms with Crippen molar-refractivity contribution in [1.82, 2.24) is 0 Å². The highest BCUT2D eigenvalue weighted by atomic mass is 35.5. The Balaban J connectivity index is 1.80. The zero-order valence-electron chi connectivity index (χ0n) is 12.5. The Kier molecular flexibility index (Phi) is 5.13. The molecule has 0 radical (unpaired) electrons. The standard InChI is InChI=1S/C18H11Cl3O4/c19-13-7-10(22)1-4-16(13)24-12-3-6-18(15(21)9-12)25-17-5-2-11(23)8-14(17)20/h1-9,22-23H. The second-order valence-corrected chi connectivity index (χ2v) is 6.25. The lowest BCUT2D eigenvalue weighted by atomic mass is 10.3. The lowest BCUT2D eigenvalue weighted by molar-refractivity contribution is 0.458. The Labute approximate surface area is 158 Å². The Morgan fingerprint density at radius 3 is 1.48 bits per heavy atom. The largest absolute Gasteiger partial charge is 0.508 e. The van der Waals surface area contributed by atoms with Crippen LogP contribution < -0.4 is 9.47 Å². The molecule has 4 nitrogen and oxygen atoms in total. The summed E-state index contributed by atoms with van der Waals surface area (Å²) in [6.07, 6.45) is 0. The van der Waals surface area contributed by atoms with Crippen LogP contribution in [0.5, 0.6) is 34.5 Å². The van der Waals surface area contributed by atoms with Crippen LogP contribution in [0, 0.1) is 0 Å². The molecule has 0 heterocycles. The van der Waals surface area contributed by atoms with E-state index < -0.39 is 0 Å². The maximum atomic E-state index is 9.37. The lowest BCUT2D eigenvalue weighted by Gasteiger charge is -2.12. The maximum absolute atomic E-state index is 9.37. The van der Waals surface area contributed by atoms with E-state index in [2.05, 4.69) is 0 Å². The van der Waals surface area contributed by atoms with Crippen molar-refractivity contribution in [3.05, 3.63) is 69.7 Å². The zero-order chi connectivity index (χ0) is 18.0. The van der Waals surface area contributed by atoms with E-state index in [1.807, 2.05) is 0 Å². The molecule has 2 N–H and O–H groups in total. The van der Waals surface area contributed by atoms with Gasteiger partial charge in [0, 0.05) is 18.2 Å². The van der Waals surface area contributed by atoms with Crippen molar-refractivity contribution in [2.24, 2.45) is 0 Å². The van der Waals surface area contributed by atoms with E-state index in [1.165, 1.54) is 30.3 Å². The van der Waals surface area contributed by atoms with Gasteiger partial charge in [0.05, 0.1) is 15.1 Å². The van der Waals surface area contributed by atoms with E-state index in [9.17, 15) is 10.2 Å². The van der Waals surface area contributed by atoms with Crippen molar-refractivity contribution in [3.63, 3.8) is 0 Å². The molecule has 0 aliphatic carbocycles. The van der Waals surface area contributed by atoms with Crippen LogP contribution in [0.1, 0.15) is 0 Å². The molecule has 3 rings (SSSR count). The summed E-state index contributed by atoms with van der Waals surface area (Å²) in [6.45, 7) is 0. The fourth-order valence-corrected chi connectivity index (χ4v) is 2.65. The first kappa shape index (κ1) is 17.5. The van der Waals surface area contributed by atoms with Crippen molar-refractivity contribution in [2.45, 2.75) is 0 Å². The summed E-state index contributed by atoms with van der Waals surface area (Å²) in [5.74, 6) is 1.64. The summed E-state index contributed by atoms with van der Waals surface area (Å²) in [4.78, 5) is 0. The number of ether oxygens (including phenoxy) is 2. The van der Waals surface area contributed by atoms with Crippen LogP contribution in [0.15, 0.2) is 54.6 Å². The van der Waals surface area contributed by atoms with Crippen molar-refractivity contribution in [1.29, 1.82) is 0 Å². The van der Waals surface area contributed by atoms with Crippen molar-refractivity contribution in [2.75, 3.05) is 0 Å². The summed E-state index contributed by atoms with van der Waals surface area (Å²) in [6, 6.07) is 13.6. The molecule has 0 atom stereocenters. The molecular weight excluding hydrogens is 387 g/mol. The Morgan fingerprint density at radius 1 is 0.560 bits per heavy atom. The van der Waals surface area contributed by atoms with Gasteiger partial charge in [0.1, 0.15) is 34.5 Å². The third-order valence-electron chi connectivity index (χ3n) is 3.18. The average Bonchev–Trinajstić information content (AvgIpc) is 2.55. The van der Waals surface area contributed by atoms with Gasteiger partial charge in [0.25, 0.3) is 0 Å². The molecule has 0 amide bonds. The van der Waals surface area contributed by atoms with Gasteiger partial charge in [-0.2, -0.15) is 0 Å². The number of phenols is 2. The monoisotopic (exact) mass is 396 g/mol. The van der Waals surface area contributed by atoms with Gasteiger partial charge in [-0.3, -0.25) is 0 Å². The fraction of sp³-hybridized carbons (Fsp3) is 0. The minimum absolute atomic E-state index is 0.0398. The highest BCUT2D eigenvalue weighted by Crippen LogP contribution is 2.38. The van der Waals surface area contributed by atoms with Gasteiger partial charge in [-0.05, 0) is 36.4 Å². The van der Waals surface area contributed by atoms with E-state index in [-0.39, 0.29) is 21.5 Å². The molecule has 0 aliphatic rings. The van der Waals surface area contributed by atoms with Crippen molar-refractivity contribution in [3.8, 4) is 34.5 Å². The van der Waals surface area contributed by atoms with Crippen molar-refractivity contribution < 1.29 is 19.7 Å². The van der Waals surface area contributed by atoms with Crippen LogP contribution in [-0.4, -0.2) is 10.2 Å². The summed E-state index contributed by atoms with van der Waals surface area (Å²) in [7, 11) is 0. The Hall–Kier alpha value is -2.27. The summed E-state index contributed by atoms with van der Waals surface area (Å²) < 4.78 is 11.3. The molecule has 0 spiro atoms. The number of benzene rings is 3. The van der Waals surface area contributed by atoms with Gasteiger partial charge < -0.3 is 19.7 Å². The average molecular weight is 398 g/mol. The van der Waals surface area contributed by atoms with Crippen LogP contribution in [0.4, 0.5) is 0 Å². The van der Waals surface area contributed by atoms with E-state index in [0.29, 0.717) is 28.0 Å². The number of rotatable bonds is 4. The summed E-state index contributed by atoms with van der Waals surface area (Å²) >= 11 is 18.2. The maximum Gasteiger partial charge on any atom is 0.146 e. The van der Waals surface area contributed by atoms with E-state index in [0.717, 1.165) is 0 Å². The van der Waals surface area contributed by atoms with Crippen LogP contribution in [0.3, 0.4) is 0 Å². The van der Waals surface area contributed by atoms with E-state index in [4.69, 9.17) is 44.3 Å². The third-order valence-corrected chi connectivity index (χ3v) is 4.07. The molecule has 3 aromatic rings. The van der Waals surface area contributed by atoms with Gasteiger partial charge >= 0.3 is 0 Å². The summed E-state index contributed by atoms with van der Waals surface area (Å²) in [5.41, 5.74) is 0. The highest BCUT2D eigenvalue weighted by Gasteiger charge is 2.10. The van der Waals surface area contributed by atoms with Gasteiger partial charge in [-0.1, -0.05) is 34.8 Å². The highest BCUT2D eigenvalue weighted by molar-refractivity contribution is 6.33. The molecule has 7 heteroatoms. The van der Waals surface area contributed by atoms with Gasteiger partial charge in [0.15, 0.2) is 0 Å². The molecular formula is C18H11Cl3O4. The Morgan fingerprint density at radius 2 is 1.00 bits per heavy atom. The number of aromatic hydroxyl groups is 2. The molecule has 0 aliphatic heterocycles. The molecule has 0 saturated carbocycles. The normalized spacial score (nSPS) is 10.5. The number of phenolic OH excluding ortho intramolecular Hbond substituents is 2. The molecule has 25 heavy (non-hydrogen) atoms. The first-order valence-electron chi connectivity index (χ1n) is 7.04. The van der Waals surface area contributed by atoms with Crippen LogP contribution in [0.25, 0.3) is 0 Å². The molecule has 0 bridgehead atoms. The lowest BCUT2D eigenvalue weighted by Crippen LogP contribution is -1.89. The smallest absolute Gasteiger partial charge is 0.146 e. The minimum Gasteiger partial charge on any atom is -0.508 e. The first-order chi connectivity index (χ1) is 11.9.